The van der Waals surface area contributed by atoms with E-state index < -0.39 is 32.7 Å². The van der Waals surface area contributed by atoms with Gasteiger partial charge in [0.25, 0.3) is 0 Å². The lowest BCUT2D eigenvalue weighted by Crippen LogP contribution is -2.47. The molecule has 2 N–H and O–H groups in total. The quantitative estimate of drug-likeness (QED) is 0.477. The van der Waals surface area contributed by atoms with E-state index in [9.17, 15) is 10.2 Å². The van der Waals surface area contributed by atoms with Gasteiger partial charge in [-0.15, -0.1) is 0 Å². The van der Waals surface area contributed by atoms with Crippen LogP contribution in [0.4, 0.5) is 0 Å². The van der Waals surface area contributed by atoms with Crippen LogP contribution >= 0.6 is 0 Å². The third kappa shape index (κ3) is 4.36. The fourth-order valence-electron chi connectivity index (χ4n) is 4.30. The summed E-state index contributed by atoms with van der Waals surface area (Å²) in [5.74, 6) is -0.329. The lowest BCUT2D eigenvalue weighted by atomic mass is 9.85. The van der Waals surface area contributed by atoms with E-state index >= 15 is 0 Å². The number of phenolic OH excluding ortho intramolecular Hbond substituents is 2. The fourth-order valence-corrected chi connectivity index (χ4v) is 4.30. The number of benzene rings is 3. The molecule has 0 amide bonds. The van der Waals surface area contributed by atoms with Gasteiger partial charge in [0.15, 0.2) is 0 Å². The summed E-state index contributed by atoms with van der Waals surface area (Å²) in [5, 5.41) is 20.0. The molecule has 0 aliphatic carbocycles. The van der Waals surface area contributed by atoms with Gasteiger partial charge in [-0.1, -0.05) is 43.2 Å². The lowest BCUT2D eigenvalue weighted by molar-refractivity contribution is 0.101. The van der Waals surface area contributed by atoms with E-state index in [4.69, 9.17) is 21.2 Å². The number of nitrogens with zero attached hydrogens (tertiary/aromatic N) is 1. The van der Waals surface area contributed by atoms with E-state index in [2.05, 4.69) is 0 Å². The first-order valence-corrected chi connectivity index (χ1v) is 10.6. The summed E-state index contributed by atoms with van der Waals surface area (Å²) in [6, 6.07) is 12.9. The summed E-state index contributed by atoms with van der Waals surface area (Å²) in [6.07, 6.45) is -4.03. The van der Waals surface area contributed by atoms with Crippen LogP contribution in [0.5, 0.6) is 17.2 Å². The molecule has 5 rings (SSSR count). The van der Waals surface area contributed by atoms with Crippen molar-refractivity contribution in [3.63, 3.8) is 0 Å². The van der Waals surface area contributed by atoms with Crippen LogP contribution in [0, 0.1) is 5.92 Å². The third-order valence-electron chi connectivity index (χ3n) is 5.98. The van der Waals surface area contributed by atoms with Gasteiger partial charge in [-0.25, -0.2) is 0 Å². The van der Waals surface area contributed by atoms with Gasteiger partial charge in [-0.2, -0.15) is 0 Å². The summed E-state index contributed by atoms with van der Waals surface area (Å²) in [5.41, 5.74) is 1.54. The molecule has 1 saturated heterocycles. The van der Waals surface area contributed by atoms with Crippen LogP contribution in [0.3, 0.4) is 0 Å². The molecule has 170 valence electrons. The largest absolute Gasteiger partial charge is 0.508 e. The highest BCUT2D eigenvalue weighted by molar-refractivity contribution is 5.95. The smallest absolute Gasteiger partial charge is 0.150 e. The molecular weight excluding hydrogens is 410 g/mol. The topological polar surface area (TPSA) is 52.9 Å². The average Bonchev–Trinajstić information content (AvgIpc) is 2.89. The molecule has 0 radical (unpaired) electrons. The van der Waals surface area contributed by atoms with Gasteiger partial charge < -0.3 is 19.8 Å². The molecule has 4 heteroatoms. The molecule has 3 aromatic rings. The summed E-state index contributed by atoms with van der Waals surface area (Å²) in [7, 11) is 0. The van der Waals surface area contributed by atoms with Crippen molar-refractivity contribution in [2.24, 2.45) is 5.92 Å². The number of likely N-dealkylation sites (tertiary alicyclic amines) is 1. The normalized spacial score (nSPS) is 25.5. The number of fused-ring (bicyclic) bond motifs is 1. The van der Waals surface area contributed by atoms with E-state index in [0.29, 0.717) is 16.7 Å². The van der Waals surface area contributed by atoms with E-state index in [-0.39, 0.29) is 71.5 Å². The second-order valence-electron chi connectivity index (χ2n) is 8.28. The van der Waals surface area contributed by atoms with Crippen LogP contribution in [0.25, 0.3) is 11.1 Å². The van der Waals surface area contributed by atoms with Crippen molar-refractivity contribution in [3.8, 4) is 17.2 Å². The van der Waals surface area contributed by atoms with Gasteiger partial charge in [0.2, 0.25) is 0 Å². The van der Waals surface area contributed by atoms with Gasteiger partial charge in [-0.3, -0.25) is 0 Å². The maximum absolute atomic E-state index is 10.1. The number of aromatic hydroxyl groups is 2. The molecule has 1 fully saturated rings. The molecule has 3 aromatic carbocycles. The molecule has 1 atom stereocenters. The zero-order valence-corrected chi connectivity index (χ0v) is 17.7. The summed E-state index contributed by atoms with van der Waals surface area (Å²) in [4.78, 5) is 1.11. The minimum atomic E-state index is -3.17. The second kappa shape index (κ2) is 8.95. The Morgan fingerprint density at radius 1 is 1.06 bits per heavy atom. The number of rotatable bonds is 6. The zero-order chi connectivity index (χ0) is 33.3. The standard InChI is InChI=1S/C29H31NO3/c1-3-14-30-17-21(18-30)15-20-4-6-23(7-5-20)29-28(22-8-10-24(31)11-9-22)19(2)26-13-12-25(32)16-27(26)33-29/h4-13,16,21,29,31-32H,3,14-15,17-18H2,1-2H3/i1D3,2D3,3D2,4D,5D,14D2. The molecule has 33 heavy (non-hydrogen) atoms. The van der Waals surface area contributed by atoms with Crippen molar-refractivity contribution < 1.29 is 31.4 Å². The van der Waals surface area contributed by atoms with Gasteiger partial charge in [0.05, 0.1) is 2.74 Å². The predicted molar refractivity (Wildman–Crippen MR) is 132 cm³/mol. The molecule has 1 unspecified atom stereocenters. The highest BCUT2D eigenvalue weighted by atomic mass is 16.5. The molecule has 0 saturated carbocycles. The van der Waals surface area contributed by atoms with Crippen LogP contribution in [0.2, 0.25) is 0 Å². The molecule has 4 nitrogen and oxygen atoms in total. The molecule has 2 aliphatic heterocycles. The van der Waals surface area contributed by atoms with Gasteiger partial charge >= 0.3 is 0 Å². The van der Waals surface area contributed by atoms with Crippen molar-refractivity contribution in [3.05, 3.63) is 88.9 Å². The van der Waals surface area contributed by atoms with Crippen LogP contribution in [-0.4, -0.2) is 34.7 Å². The minimum Gasteiger partial charge on any atom is -0.508 e. The first-order valence-electron chi connectivity index (χ1n) is 16.6. The Labute approximate surface area is 212 Å². The number of allylic oxidation sites excluding steroid dienone is 1. The van der Waals surface area contributed by atoms with Crippen LogP contribution in [0.15, 0.2) is 66.7 Å². The van der Waals surface area contributed by atoms with Crippen molar-refractivity contribution in [2.75, 3.05) is 19.6 Å². The molecular formula is C29H31NO3. The molecule has 2 heterocycles. The Kier molecular flexibility index (Phi) is 3.19. The van der Waals surface area contributed by atoms with Crippen LogP contribution in [-0.2, 0) is 6.42 Å². The summed E-state index contributed by atoms with van der Waals surface area (Å²) in [6.45, 7) is -8.50. The molecule has 0 bridgehead atoms. The van der Waals surface area contributed by atoms with E-state index in [1.165, 1.54) is 42.5 Å². The van der Waals surface area contributed by atoms with Crippen LogP contribution < -0.4 is 4.74 Å². The first-order chi connectivity index (χ1) is 20.7. The monoisotopic (exact) mass is 453 g/mol. The number of hydrogen-bond donors (Lipinski definition) is 2. The Morgan fingerprint density at radius 2 is 1.82 bits per heavy atom. The number of ether oxygens (including phenoxy) is 1. The maximum atomic E-state index is 10.1. The fraction of sp³-hybridized carbons (Fsp3) is 0.310. The molecule has 0 spiro atoms. The minimum absolute atomic E-state index is 0.0307. The van der Waals surface area contributed by atoms with E-state index in [0.717, 1.165) is 4.90 Å². The van der Waals surface area contributed by atoms with Crippen LogP contribution in [0.1, 0.15) is 64.9 Å². The highest BCUT2D eigenvalue weighted by Gasteiger charge is 2.30. The Balaban J connectivity index is 1.50. The van der Waals surface area contributed by atoms with E-state index in [1.807, 2.05) is 0 Å². The van der Waals surface area contributed by atoms with Gasteiger partial charge in [-0.05, 0) is 78.6 Å². The van der Waals surface area contributed by atoms with Gasteiger partial charge in [0.1, 0.15) is 23.4 Å². The third-order valence-corrected chi connectivity index (χ3v) is 5.98. The maximum Gasteiger partial charge on any atom is 0.150 e. The lowest BCUT2D eigenvalue weighted by Gasteiger charge is -2.39. The number of phenols is 2. The zero-order valence-electron chi connectivity index (χ0n) is 29.7. The second-order valence-corrected chi connectivity index (χ2v) is 8.28. The highest BCUT2D eigenvalue weighted by Crippen LogP contribution is 2.47. The Bertz CT molecular complexity index is 1620. The average molecular weight is 454 g/mol. The summed E-state index contributed by atoms with van der Waals surface area (Å²) < 4.78 is 103. The predicted octanol–water partition coefficient (Wildman–Crippen LogP) is 6.05. The first kappa shape index (κ1) is 11.8. The van der Waals surface area contributed by atoms with Crippen molar-refractivity contribution in [2.45, 2.75) is 32.6 Å². The number of hydrogen-bond acceptors (Lipinski definition) is 4. The van der Waals surface area contributed by atoms with Gasteiger partial charge in [0, 0.05) is 44.0 Å². The SMILES string of the molecule is [2H]c1cc(C2Oc3cc(O)ccc3C(C([2H])([2H])[2H])=C2c2ccc(O)cc2)cc([2H])c1CC1CN(C([2H])([2H])C([2H])([2H])C([2H])([2H])[2H])C1. The summed E-state index contributed by atoms with van der Waals surface area (Å²) >= 11 is 0. The molecule has 0 aromatic heterocycles. The molecule has 2 aliphatic rings. The Hall–Kier alpha value is -3.24. The van der Waals surface area contributed by atoms with E-state index in [1.54, 1.807) is 12.1 Å². The van der Waals surface area contributed by atoms with Crippen molar-refractivity contribution in [1.82, 2.24) is 4.90 Å². The van der Waals surface area contributed by atoms with Crippen molar-refractivity contribution in [1.29, 1.82) is 0 Å². The van der Waals surface area contributed by atoms with Crippen molar-refractivity contribution >= 4 is 11.1 Å². The Morgan fingerprint density at radius 3 is 2.55 bits per heavy atom.